The highest BCUT2D eigenvalue weighted by molar-refractivity contribution is 5.86. The molecule has 1 aliphatic heterocycles. The van der Waals surface area contributed by atoms with Crippen molar-refractivity contribution in [3.63, 3.8) is 0 Å². The SMILES string of the molecule is CC(NCC1CCN(Cc2cccc(O)c2)CC1c1ccccc1)c1cccc2ccccc12. The average molecular weight is 451 g/mol. The van der Waals surface area contributed by atoms with Crippen LogP contribution < -0.4 is 5.32 Å². The second kappa shape index (κ2) is 10.4. The van der Waals surface area contributed by atoms with Crippen molar-refractivity contribution in [2.75, 3.05) is 19.6 Å². The summed E-state index contributed by atoms with van der Waals surface area (Å²) in [4.78, 5) is 2.54. The smallest absolute Gasteiger partial charge is 0.115 e. The van der Waals surface area contributed by atoms with E-state index in [0.717, 1.165) is 32.6 Å². The van der Waals surface area contributed by atoms with Crippen LogP contribution in [0.3, 0.4) is 0 Å². The Labute approximate surface area is 203 Å². The molecule has 2 N–H and O–H groups in total. The Balaban J connectivity index is 1.30. The molecule has 3 atom stereocenters. The van der Waals surface area contributed by atoms with Crippen molar-refractivity contribution < 1.29 is 5.11 Å². The fraction of sp³-hybridized carbons (Fsp3) is 0.290. The van der Waals surface area contributed by atoms with E-state index in [-0.39, 0.29) is 0 Å². The molecule has 0 radical (unpaired) electrons. The fourth-order valence-corrected chi connectivity index (χ4v) is 5.51. The Bertz CT molecular complexity index is 1220. The predicted octanol–water partition coefficient (Wildman–Crippen LogP) is 6.50. The number of hydrogen-bond acceptors (Lipinski definition) is 3. The van der Waals surface area contributed by atoms with Crippen molar-refractivity contribution in [2.45, 2.75) is 31.8 Å². The second-order valence-corrected chi connectivity index (χ2v) is 9.67. The number of rotatable bonds is 7. The van der Waals surface area contributed by atoms with E-state index < -0.39 is 0 Å². The van der Waals surface area contributed by atoms with Crippen LogP contribution in [-0.2, 0) is 6.54 Å². The van der Waals surface area contributed by atoms with Gasteiger partial charge in [-0.05, 0) is 71.9 Å². The van der Waals surface area contributed by atoms with Crippen LogP contribution in [0.5, 0.6) is 5.75 Å². The summed E-state index contributed by atoms with van der Waals surface area (Å²) >= 11 is 0. The number of hydrogen-bond donors (Lipinski definition) is 2. The minimum Gasteiger partial charge on any atom is -0.508 e. The zero-order valence-corrected chi connectivity index (χ0v) is 19.9. The molecule has 5 rings (SSSR count). The number of benzene rings is 4. The summed E-state index contributed by atoms with van der Waals surface area (Å²) in [7, 11) is 0. The lowest BCUT2D eigenvalue weighted by atomic mass is 9.80. The van der Waals surface area contributed by atoms with Crippen LogP contribution in [0.15, 0.2) is 97.1 Å². The van der Waals surface area contributed by atoms with E-state index in [9.17, 15) is 5.11 Å². The molecular weight excluding hydrogens is 416 g/mol. The molecular formula is C31H34N2O. The molecule has 0 amide bonds. The van der Waals surface area contributed by atoms with Gasteiger partial charge in [0.05, 0.1) is 0 Å². The molecule has 0 saturated carbocycles. The highest BCUT2D eigenvalue weighted by Gasteiger charge is 2.30. The lowest BCUT2D eigenvalue weighted by molar-refractivity contribution is 0.148. The largest absolute Gasteiger partial charge is 0.508 e. The number of nitrogens with zero attached hydrogens (tertiary/aromatic N) is 1. The second-order valence-electron chi connectivity index (χ2n) is 9.67. The molecule has 0 spiro atoms. The first-order valence-electron chi connectivity index (χ1n) is 12.4. The topological polar surface area (TPSA) is 35.5 Å². The Morgan fingerprint density at radius 1 is 0.912 bits per heavy atom. The van der Waals surface area contributed by atoms with Crippen molar-refractivity contribution in [1.82, 2.24) is 10.2 Å². The molecule has 1 saturated heterocycles. The van der Waals surface area contributed by atoms with Gasteiger partial charge in [-0.2, -0.15) is 0 Å². The van der Waals surface area contributed by atoms with E-state index in [4.69, 9.17) is 0 Å². The summed E-state index contributed by atoms with van der Waals surface area (Å²) in [5.74, 6) is 1.42. The summed E-state index contributed by atoms with van der Waals surface area (Å²) in [5.41, 5.74) is 3.97. The molecule has 0 bridgehead atoms. The molecule has 174 valence electrons. The van der Waals surface area contributed by atoms with Gasteiger partial charge in [0.1, 0.15) is 5.75 Å². The number of piperidine rings is 1. The molecule has 0 aromatic heterocycles. The average Bonchev–Trinajstić information content (AvgIpc) is 2.88. The van der Waals surface area contributed by atoms with Gasteiger partial charge in [0, 0.05) is 25.0 Å². The first-order valence-corrected chi connectivity index (χ1v) is 12.4. The first-order chi connectivity index (χ1) is 16.7. The Morgan fingerprint density at radius 3 is 2.53 bits per heavy atom. The van der Waals surface area contributed by atoms with Crippen molar-refractivity contribution in [3.05, 3.63) is 114 Å². The standard InChI is InChI=1S/C31H34N2O/c1-23(29-16-8-13-25-12-5-6-15-30(25)29)32-20-27-17-18-33(21-24-9-7-14-28(34)19-24)22-31(27)26-10-3-2-4-11-26/h2-16,19,23,27,31-32,34H,17-18,20-22H2,1H3. The van der Waals surface area contributed by atoms with Gasteiger partial charge >= 0.3 is 0 Å². The zero-order chi connectivity index (χ0) is 23.3. The molecule has 1 heterocycles. The summed E-state index contributed by atoms with van der Waals surface area (Å²) in [6.45, 7) is 6.28. The summed E-state index contributed by atoms with van der Waals surface area (Å²) in [6, 6.07) is 34.2. The highest BCUT2D eigenvalue weighted by Crippen LogP contribution is 2.34. The van der Waals surface area contributed by atoms with E-state index in [1.807, 2.05) is 12.1 Å². The number of phenols is 1. The molecule has 4 aromatic carbocycles. The maximum Gasteiger partial charge on any atom is 0.115 e. The van der Waals surface area contributed by atoms with Crippen LogP contribution in [0.4, 0.5) is 0 Å². The molecule has 3 unspecified atom stereocenters. The van der Waals surface area contributed by atoms with Gasteiger partial charge in [-0.1, -0.05) is 84.9 Å². The lowest BCUT2D eigenvalue weighted by Crippen LogP contribution is -2.42. The Kier molecular flexibility index (Phi) is 6.94. The molecule has 1 aliphatic rings. The molecule has 3 heteroatoms. The number of phenolic OH excluding ortho intramolecular Hbond substituents is 1. The molecule has 3 nitrogen and oxygen atoms in total. The normalized spacial score (nSPS) is 19.8. The third kappa shape index (κ3) is 5.16. The van der Waals surface area contributed by atoms with Gasteiger partial charge < -0.3 is 10.4 Å². The molecule has 1 fully saturated rings. The van der Waals surface area contributed by atoms with Crippen molar-refractivity contribution in [2.24, 2.45) is 5.92 Å². The minimum atomic E-state index is 0.299. The van der Waals surface area contributed by atoms with E-state index in [0.29, 0.717) is 23.6 Å². The number of aromatic hydroxyl groups is 1. The third-order valence-electron chi connectivity index (χ3n) is 7.36. The molecule has 34 heavy (non-hydrogen) atoms. The van der Waals surface area contributed by atoms with Gasteiger partial charge in [-0.25, -0.2) is 0 Å². The maximum atomic E-state index is 9.87. The van der Waals surface area contributed by atoms with Gasteiger partial charge in [0.2, 0.25) is 0 Å². The number of nitrogens with one attached hydrogen (secondary N) is 1. The first kappa shape index (κ1) is 22.6. The number of likely N-dealkylation sites (tertiary alicyclic amines) is 1. The van der Waals surface area contributed by atoms with Gasteiger partial charge in [-0.3, -0.25) is 4.90 Å². The van der Waals surface area contributed by atoms with Crippen LogP contribution in [0.25, 0.3) is 10.8 Å². The van der Waals surface area contributed by atoms with Crippen LogP contribution in [0.1, 0.15) is 42.0 Å². The summed E-state index contributed by atoms with van der Waals surface area (Å²) in [6.07, 6.45) is 1.16. The van der Waals surface area contributed by atoms with E-state index in [1.54, 1.807) is 6.07 Å². The van der Waals surface area contributed by atoms with Crippen LogP contribution in [0, 0.1) is 5.92 Å². The summed E-state index contributed by atoms with van der Waals surface area (Å²) < 4.78 is 0. The van der Waals surface area contributed by atoms with Gasteiger partial charge in [-0.15, -0.1) is 0 Å². The summed E-state index contributed by atoms with van der Waals surface area (Å²) in [5, 5.41) is 16.4. The van der Waals surface area contributed by atoms with Crippen molar-refractivity contribution in [1.29, 1.82) is 0 Å². The lowest BCUT2D eigenvalue weighted by Gasteiger charge is -2.39. The quantitative estimate of drug-likeness (QED) is 0.337. The molecule has 4 aromatic rings. The van der Waals surface area contributed by atoms with E-state index >= 15 is 0 Å². The monoisotopic (exact) mass is 450 g/mol. The fourth-order valence-electron chi connectivity index (χ4n) is 5.51. The van der Waals surface area contributed by atoms with Gasteiger partial charge in [0.25, 0.3) is 0 Å². The third-order valence-corrected chi connectivity index (χ3v) is 7.36. The maximum absolute atomic E-state index is 9.87. The van der Waals surface area contributed by atoms with Crippen LogP contribution >= 0.6 is 0 Å². The number of fused-ring (bicyclic) bond motifs is 1. The van der Waals surface area contributed by atoms with Gasteiger partial charge in [0.15, 0.2) is 0 Å². The van der Waals surface area contributed by atoms with E-state index in [2.05, 4.69) is 96.0 Å². The Hall–Kier alpha value is -3.14. The minimum absolute atomic E-state index is 0.299. The van der Waals surface area contributed by atoms with Crippen molar-refractivity contribution in [3.8, 4) is 5.75 Å². The highest BCUT2D eigenvalue weighted by atomic mass is 16.3. The van der Waals surface area contributed by atoms with Crippen molar-refractivity contribution >= 4 is 10.8 Å². The van der Waals surface area contributed by atoms with Crippen LogP contribution in [-0.4, -0.2) is 29.6 Å². The zero-order valence-electron chi connectivity index (χ0n) is 19.9. The predicted molar refractivity (Wildman–Crippen MR) is 141 cm³/mol. The van der Waals surface area contributed by atoms with E-state index in [1.165, 1.54) is 27.5 Å². The van der Waals surface area contributed by atoms with Crippen LogP contribution in [0.2, 0.25) is 0 Å². The Morgan fingerprint density at radius 2 is 1.68 bits per heavy atom. The molecule has 0 aliphatic carbocycles.